The summed E-state index contributed by atoms with van der Waals surface area (Å²) in [5, 5.41) is 11.4. The Labute approximate surface area is 158 Å². The SMILES string of the molecule is COC(=O)c1ccc(/C=C/C(=O)NCCc2nnc3n2CCCCC3)cc1. The normalized spacial score (nSPS) is 13.8. The number of ether oxygens (including phenoxy) is 1. The number of aryl methyl sites for hydroxylation is 1. The average molecular weight is 368 g/mol. The van der Waals surface area contributed by atoms with Crippen LogP contribution < -0.4 is 5.32 Å². The van der Waals surface area contributed by atoms with Crippen LogP contribution in [0.1, 0.15) is 46.8 Å². The Hall–Kier alpha value is -2.96. The molecule has 0 unspecified atom stereocenters. The number of hydrogen-bond acceptors (Lipinski definition) is 5. The first kappa shape index (κ1) is 18.8. The lowest BCUT2D eigenvalue weighted by Gasteiger charge is -2.07. The summed E-state index contributed by atoms with van der Waals surface area (Å²) in [4.78, 5) is 23.4. The van der Waals surface area contributed by atoms with Crippen LogP contribution in [-0.2, 0) is 28.9 Å². The van der Waals surface area contributed by atoms with Crippen molar-refractivity contribution < 1.29 is 14.3 Å². The summed E-state index contributed by atoms with van der Waals surface area (Å²) < 4.78 is 6.85. The minimum atomic E-state index is -0.380. The van der Waals surface area contributed by atoms with Crippen LogP contribution in [0.15, 0.2) is 30.3 Å². The number of hydrogen-bond donors (Lipinski definition) is 1. The third kappa shape index (κ3) is 5.03. The first-order chi connectivity index (χ1) is 13.2. The zero-order valence-electron chi connectivity index (χ0n) is 15.5. The second kappa shape index (κ2) is 9.12. The number of benzene rings is 1. The van der Waals surface area contributed by atoms with Crippen LogP contribution in [-0.4, -0.2) is 40.3 Å². The molecule has 2 heterocycles. The molecule has 0 fully saturated rings. The van der Waals surface area contributed by atoms with Crippen molar-refractivity contribution in [3.63, 3.8) is 0 Å². The van der Waals surface area contributed by atoms with Gasteiger partial charge in [-0.1, -0.05) is 18.6 Å². The molecule has 3 rings (SSSR count). The number of amides is 1. The standard InChI is InChI=1S/C20H24N4O3/c1-27-20(26)16-9-6-15(7-10-16)8-11-19(25)21-13-12-18-23-22-17-5-3-2-4-14-24(17)18/h6-11H,2-5,12-14H2,1H3,(H,21,25)/b11-8+. The summed E-state index contributed by atoms with van der Waals surface area (Å²) in [5.74, 6) is 1.45. The molecule has 1 aliphatic heterocycles. The molecule has 0 bridgehead atoms. The fourth-order valence-corrected chi connectivity index (χ4v) is 3.11. The first-order valence-electron chi connectivity index (χ1n) is 9.22. The van der Waals surface area contributed by atoms with E-state index in [4.69, 9.17) is 0 Å². The van der Waals surface area contributed by atoms with Crippen molar-refractivity contribution in [2.75, 3.05) is 13.7 Å². The number of carbonyl (C=O) groups excluding carboxylic acids is 2. The summed E-state index contributed by atoms with van der Waals surface area (Å²) >= 11 is 0. The van der Waals surface area contributed by atoms with E-state index in [-0.39, 0.29) is 11.9 Å². The van der Waals surface area contributed by atoms with E-state index in [1.807, 2.05) is 0 Å². The maximum atomic E-state index is 12.0. The van der Waals surface area contributed by atoms with Crippen molar-refractivity contribution in [3.8, 4) is 0 Å². The molecule has 1 N–H and O–H groups in total. The molecule has 142 valence electrons. The van der Waals surface area contributed by atoms with Gasteiger partial charge in [-0.2, -0.15) is 0 Å². The van der Waals surface area contributed by atoms with Crippen LogP contribution in [0.5, 0.6) is 0 Å². The van der Waals surface area contributed by atoms with Gasteiger partial charge in [-0.3, -0.25) is 4.79 Å². The van der Waals surface area contributed by atoms with Gasteiger partial charge >= 0.3 is 5.97 Å². The maximum Gasteiger partial charge on any atom is 0.337 e. The predicted octanol–water partition coefficient (Wildman–Crippen LogP) is 2.16. The smallest absolute Gasteiger partial charge is 0.337 e. The Bertz CT molecular complexity index is 824. The molecule has 27 heavy (non-hydrogen) atoms. The van der Waals surface area contributed by atoms with Gasteiger partial charge in [0.2, 0.25) is 5.91 Å². The van der Waals surface area contributed by atoms with Gasteiger partial charge in [0.05, 0.1) is 12.7 Å². The fraction of sp³-hybridized carbons (Fsp3) is 0.400. The van der Waals surface area contributed by atoms with Crippen molar-refractivity contribution >= 4 is 18.0 Å². The van der Waals surface area contributed by atoms with E-state index in [9.17, 15) is 9.59 Å². The Kier molecular flexibility index (Phi) is 6.35. The summed E-state index contributed by atoms with van der Waals surface area (Å²) in [6.45, 7) is 1.48. The van der Waals surface area contributed by atoms with E-state index >= 15 is 0 Å². The highest BCUT2D eigenvalue weighted by Crippen LogP contribution is 2.14. The molecule has 1 aliphatic rings. The second-order valence-corrected chi connectivity index (χ2v) is 6.48. The summed E-state index contributed by atoms with van der Waals surface area (Å²) in [6.07, 6.45) is 8.39. The monoisotopic (exact) mass is 368 g/mol. The van der Waals surface area contributed by atoms with Gasteiger partial charge in [0, 0.05) is 32.0 Å². The predicted molar refractivity (Wildman–Crippen MR) is 101 cm³/mol. The molecule has 1 aromatic heterocycles. The Morgan fingerprint density at radius 3 is 2.78 bits per heavy atom. The molecule has 0 aliphatic carbocycles. The van der Waals surface area contributed by atoms with E-state index in [1.165, 1.54) is 26.0 Å². The minimum Gasteiger partial charge on any atom is -0.465 e. The van der Waals surface area contributed by atoms with Crippen LogP contribution in [0.3, 0.4) is 0 Å². The van der Waals surface area contributed by atoms with Crippen LogP contribution in [0, 0.1) is 0 Å². The van der Waals surface area contributed by atoms with Crippen molar-refractivity contribution in [1.82, 2.24) is 20.1 Å². The molecule has 2 aromatic rings. The molecule has 0 spiro atoms. The lowest BCUT2D eigenvalue weighted by molar-refractivity contribution is -0.116. The van der Waals surface area contributed by atoms with Gasteiger partial charge in [-0.05, 0) is 36.6 Å². The number of nitrogens with one attached hydrogen (secondary N) is 1. The van der Waals surface area contributed by atoms with Gasteiger partial charge in [0.25, 0.3) is 0 Å². The first-order valence-corrected chi connectivity index (χ1v) is 9.22. The van der Waals surface area contributed by atoms with E-state index in [0.717, 1.165) is 36.6 Å². The van der Waals surface area contributed by atoms with Crippen molar-refractivity contribution in [3.05, 3.63) is 53.1 Å². The summed E-state index contributed by atoms with van der Waals surface area (Å²) in [6, 6.07) is 6.86. The van der Waals surface area contributed by atoms with Gasteiger partial charge in [0.15, 0.2) is 0 Å². The highest BCUT2D eigenvalue weighted by atomic mass is 16.5. The Morgan fingerprint density at radius 2 is 2.00 bits per heavy atom. The molecular weight excluding hydrogens is 344 g/mol. The van der Waals surface area contributed by atoms with Gasteiger partial charge in [-0.25, -0.2) is 4.79 Å². The lowest BCUT2D eigenvalue weighted by Crippen LogP contribution is -2.24. The molecule has 0 radical (unpaired) electrons. The van der Waals surface area contributed by atoms with Crippen LogP contribution in [0.4, 0.5) is 0 Å². The largest absolute Gasteiger partial charge is 0.465 e. The van der Waals surface area contributed by atoms with Gasteiger partial charge in [-0.15, -0.1) is 10.2 Å². The quantitative estimate of drug-likeness (QED) is 0.624. The molecule has 0 saturated carbocycles. The van der Waals surface area contributed by atoms with Crippen molar-refractivity contribution in [2.45, 2.75) is 38.6 Å². The number of methoxy groups -OCH3 is 1. The maximum absolute atomic E-state index is 12.0. The van der Waals surface area contributed by atoms with Crippen molar-refractivity contribution in [2.24, 2.45) is 0 Å². The fourth-order valence-electron chi connectivity index (χ4n) is 3.11. The van der Waals surface area contributed by atoms with Crippen molar-refractivity contribution in [1.29, 1.82) is 0 Å². The van der Waals surface area contributed by atoms with E-state index < -0.39 is 0 Å². The number of fused-ring (bicyclic) bond motifs is 1. The van der Waals surface area contributed by atoms with Crippen LogP contribution in [0.2, 0.25) is 0 Å². The number of carbonyl (C=O) groups is 2. The summed E-state index contributed by atoms with van der Waals surface area (Å²) in [7, 11) is 1.34. The zero-order valence-corrected chi connectivity index (χ0v) is 15.5. The molecule has 1 amide bonds. The topological polar surface area (TPSA) is 86.1 Å². The van der Waals surface area contributed by atoms with E-state index in [1.54, 1.807) is 30.3 Å². The third-order valence-corrected chi connectivity index (χ3v) is 4.59. The molecular formula is C20H24N4O3. The number of aromatic nitrogens is 3. The Morgan fingerprint density at radius 1 is 1.19 bits per heavy atom. The highest BCUT2D eigenvalue weighted by molar-refractivity contribution is 5.92. The van der Waals surface area contributed by atoms with Crippen LogP contribution >= 0.6 is 0 Å². The van der Waals surface area contributed by atoms with E-state index in [2.05, 4.69) is 24.8 Å². The minimum absolute atomic E-state index is 0.164. The Balaban J connectivity index is 1.48. The van der Waals surface area contributed by atoms with E-state index in [0.29, 0.717) is 18.5 Å². The molecule has 0 saturated heterocycles. The average Bonchev–Trinajstić information content (AvgIpc) is 2.92. The third-order valence-electron chi connectivity index (χ3n) is 4.59. The van der Waals surface area contributed by atoms with Gasteiger partial charge < -0.3 is 14.6 Å². The molecule has 7 heteroatoms. The molecule has 7 nitrogen and oxygen atoms in total. The molecule has 1 aromatic carbocycles. The van der Waals surface area contributed by atoms with Gasteiger partial charge in [0.1, 0.15) is 11.6 Å². The number of esters is 1. The highest BCUT2D eigenvalue weighted by Gasteiger charge is 2.14. The number of nitrogens with zero attached hydrogens (tertiary/aromatic N) is 3. The summed E-state index contributed by atoms with van der Waals surface area (Å²) in [5.41, 5.74) is 1.31. The number of rotatable bonds is 6. The lowest BCUT2D eigenvalue weighted by atomic mass is 10.1. The molecule has 0 atom stereocenters. The zero-order chi connectivity index (χ0) is 19.1. The second-order valence-electron chi connectivity index (χ2n) is 6.48. The van der Waals surface area contributed by atoms with Crippen LogP contribution in [0.25, 0.3) is 6.08 Å².